The van der Waals surface area contributed by atoms with Gasteiger partial charge in [-0.2, -0.15) is 0 Å². The fraction of sp³-hybridized carbons (Fsp3) is 0.286. The van der Waals surface area contributed by atoms with Crippen LogP contribution >= 0.6 is 15.9 Å². The van der Waals surface area contributed by atoms with E-state index in [1.54, 1.807) is 13.0 Å². The van der Waals surface area contributed by atoms with Crippen molar-refractivity contribution in [2.75, 3.05) is 7.11 Å². The van der Waals surface area contributed by atoms with Crippen molar-refractivity contribution < 1.29 is 14.0 Å². The lowest BCUT2D eigenvalue weighted by molar-refractivity contribution is 0.0536. The summed E-state index contributed by atoms with van der Waals surface area (Å²) in [5.41, 5.74) is 2.66. The Kier molecular flexibility index (Phi) is 2.88. The van der Waals surface area contributed by atoms with E-state index in [1.807, 2.05) is 0 Å². The first kappa shape index (κ1) is 9.28. The summed E-state index contributed by atoms with van der Waals surface area (Å²) in [5.74, 6) is 0.237. The third kappa shape index (κ3) is 1.86. The number of rotatable bonds is 2. The van der Waals surface area contributed by atoms with Crippen LogP contribution < -0.4 is 5.48 Å². The maximum Gasteiger partial charge on any atom is 0.278 e. The minimum atomic E-state index is -0.315. The summed E-state index contributed by atoms with van der Waals surface area (Å²) >= 11 is 3.11. The molecule has 0 fully saturated rings. The van der Waals surface area contributed by atoms with Crippen molar-refractivity contribution in [2.24, 2.45) is 0 Å². The van der Waals surface area contributed by atoms with E-state index in [4.69, 9.17) is 4.42 Å². The summed E-state index contributed by atoms with van der Waals surface area (Å²) in [7, 11) is 1.38. The molecule has 0 aliphatic heterocycles. The Bertz CT molecular complexity index is 295. The predicted molar refractivity (Wildman–Crippen MR) is 45.6 cm³/mol. The summed E-state index contributed by atoms with van der Waals surface area (Å²) in [4.78, 5) is 15.6. The van der Waals surface area contributed by atoms with Crippen LogP contribution in [0.15, 0.2) is 15.2 Å². The lowest BCUT2D eigenvalue weighted by atomic mass is 10.2. The lowest BCUT2D eigenvalue weighted by Gasteiger charge is -1.98. The minimum Gasteiger partial charge on any atom is -0.454 e. The molecule has 0 unspecified atom stereocenters. The van der Waals surface area contributed by atoms with Crippen molar-refractivity contribution in [1.29, 1.82) is 0 Å². The van der Waals surface area contributed by atoms with E-state index in [1.165, 1.54) is 7.11 Å². The van der Waals surface area contributed by atoms with E-state index in [-0.39, 0.29) is 5.91 Å². The summed E-state index contributed by atoms with van der Waals surface area (Å²) in [5, 5.41) is 0. The van der Waals surface area contributed by atoms with Crippen LogP contribution in [0.1, 0.15) is 16.1 Å². The topological polar surface area (TPSA) is 51.5 Å². The van der Waals surface area contributed by atoms with Gasteiger partial charge in [-0.25, -0.2) is 5.48 Å². The molecular formula is C7H8BrNO3. The van der Waals surface area contributed by atoms with Gasteiger partial charge in [0.05, 0.1) is 12.7 Å². The summed E-state index contributed by atoms with van der Waals surface area (Å²) in [6.45, 7) is 1.70. The van der Waals surface area contributed by atoms with Crippen LogP contribution in [0, 0.1) is 6.92 Å². The molecule has 1 aromatic heterocycles. The number of halogens is 1. The Morgan fingerprint density at radius 1 is 1.75 bits per heavy atom. The molecule has 5 heteroatoms. The molecular weight excluding hydrogens is 226 g/mol. The van der Waals surface area contributed by atoms with Crippen LogP contribution in [0.2, 0.25) is 0 Å². The molecule has 0 aromatic carbocycles. The smallest absolute Gasteiger partial charge is 0.278 e. The lowest BCUT2D eigenvalue weighted by Crippen LogP contribution is -2.21. The maximum absolute atomic E-state index is 11.2. The summed E-state index contributed by atoms with van der Waals surface area (Å²) < 4.78 is 5.61. The SMILES string of the molecule is CONC(=O)c1cc(Br)oc1C. The number of furan rings is 1. The molecule has 0 radical (unpaired) electrons. The number of hydrogen-bond acceptors (Lipinski definition) is 3. The average Bonchev–Trinajstić information content (AvgIpc) is 2.30. The van der Waals surface area contributed by atoms with E-state index in [0.717, 1.165) is 0 Å². The Balaban J connectivity index is 2.87. The molecule has 1 heterocycles. The molecule has 4 nitrogen and oxygen atoms in total. The van der Waals surface area contributed by atoms with Gasteiger partial charge in [-0.3, -0.25) is 9.63 Å². The molecule has 0 saturated carbocycles. The first-order chi connectivity index (χ1) is 5.65. The van der Waals surface area contributed by atoms with Gasteiger partial charge >= 0.3 is 0 Å². The van der Waals surface area contributed by atoms with E-state index >= 15 is 0 Å². The quantitative estimate of drug-likeness (QED) is 0.791. The minimum absolute atomic E-state index is 0.315. The zero-order valence-electron chi connectivity index (χ0n) is 6.68. The molecule has 0 atom stereocenters. The van der Waals surface area contributed by atoms with Gasteiger partial charge < -0.3 is 4.42 Å². The normalized spacial score (nSPS) is 9.92. The van der Waals surface area contributed by atoms with E-state index in [2.05, 4.69) is 26.2 Å². The van der Waals surface area contributed by atoms with Crippen molar-refractivity contribution in [1.82, 2.24) is 5.48 Å². The van der Waals surface area contributed by atoms with Crippen molar-refractivity contribution in [2.45, 2.75) is 6.92 Å². The number of carbonyl (C=O) groups excluding carboxylic acids is 1. The number of carbonyl (C=O) groups is 1. The monoisotopic (exact) mass is 233 g/mol. The van der Waals surface area contributed by atoms with Gasteiger partial charge in [-0.1, -0.05) is 0 Å². The van der Waals surface area contributed by atoms with Crippen LogP contribution in [0.25, 0.3) is 0 Å². The van der Waals surface area contributed by atoms with Crippen LogP contribution in [-0.2, 0) is 4.84 Å². The number of hydrogen-bond donors (Lipinski definition) is 1. The van der Waals surface area contributed by atoms with Crippen molar-refractivity contribution in [3.63, 3.8) is 0 Å². The second-order valence-corrected chi connectivity index (χ2v) is 2.94. The predicted octanol–water partition coefficient (Wildman–Crippen LogP) is 1.64. The van der Waals surface area contributed by atoms with Gasteiger partial charge in [0.25, 0.3) is 5.91 Å². The molecule has 1 rings (SSSR count). The van der Waals surface area contributed by atoms with Gasteiger partial charge in [0.15, 0.2) is 4.67 Å². The Morgan fingerprint density at radius 2 is 2.42 bits per heavy atom. The number of aryl methyl sites for hydroxylation is 1. The standard InChI is InChI=1S/C7H8BrNO3/c1-4-5(3-6(8)12-4)7(10)9-11-2/h3H,1-2H3,(H,9,10). The van der Waals surface area contributed by atoms with Gasteiger partial charge in [-0.15, -0.1) is 0 Å². The molecule has 0 aliphatic rings. The van der Waals surface area contributed by atoms with E-state index < -0.39 is 0 Å². The van der Waals surface area contributed by atoms with Crippen LogP contribution in [-0.4, -0.2) is 13.0 Å². The van der Waals surface area contributed by atoms with Crippen molar-refractivity contribution >= 4 is 21.8 Å². The Morgan fingerprint density at radius 3 is 2.83 bits per heavy atom. The number of amides is 1. The first-order valence-electron chi connectivity index (χ1n) is 3.24. The first-order valence-corrected chi connectivity index (χ1v) is 4.03. The second-order valence-electron chi connectivity index (χ2n) is 2.16. The van der Waals surface area contributed by atoms with E-state index in [9.17, 15) is 4.79 Å². The zero-order valence-corrected chi connectivity index (χ0v) is 8.27. The van der Waals surface area contributed by atoms with Crippen LogP contribution in [0.3, 0.4) is 0 Å². The van der Waals surface area contributed by atoms with Crippen LogP contribution in [0.5, 0.6) is 0 Å². The molecule has 0 spiro atoms. The number of hydroxylamine groups is 1. The molecule has 1 amide bonds. The molecule has 12 heavy (non-hydrogen) atoms. The Labute approximate surface area is 78.0 Å². The highest BCUT2D eigenvalue weighted by Crippen LogP contribution is 2.19. The highest BCUT2D eigenvalue weighted by Gasteiger charge is 2.12. The molecule has 0 bridgehead atoms. The third-order valence-electron chi connectivity index (χ3n) is 1.33. The van der Waals surface area contributed by atoms with Crippen LogP contribution in [0.4, 0.5) is 0 Å². The van der Waals surface area contributed by atoms with Gasteiger partial charge in [-0.05, 0) is 22.9 Å². The average molecular weight is 234 g/mol. The number of nitrogens with one attached hydrogen (secondary N) is 1. The molecule has 0 aliphatic carbocycles. The molecule has 1 aromatic rings. The van der Waals surface area contributed by atoms with Crippen molar-refractivity contribution in [3.05, 3.63) is 22.1 Å². The zero-order chi connectivity index (χ0) is 9.14. The van der Waals surface area contributed by atoms with Gasteiger partial charge in [0.2, 0.25) is 0 Å². The fourth-order valence-electron chi connectivity index (χ4n) is 0.819. The third-order valence-corrected chi connectivity index (χ3v) is 1.72. The highest BCUT2D eigenvalue weighted by molar-refractivity contribution is 9.10. The summed E-state index contributed by atoms with van der Waals surface area (Å²) in [6.07, 6.45) is 0. The van der Waals surface area contributed by atoms with Gasteiger partial charge in [0.1, 0.15) is 5.76 Å². The Hall–Kier alpha value is -0.810. The molecule has 0 saturated heterocycles. The summed E-state index contributed by atoms with van der Waals surface area (Å²) in [6, 6.07) is 1.59. The van der Waals surface area contributed by atoms with Crippen molar-refractivity contribution in [3.8, 4) is 0 Å². The second kappa shape index (κ2) is 3.73. The van der Waals surface area contributed by atoms with Gasteiger partial charge in [0, 0.05) is 6.07 Å². The molecule has 66 valence electrons. The largest absolute Gasteiger partial charge is 0.454 e. The molecule has 1 N–H and O–H groups in total. The highest BCUT2D eigenvalue weighted by atomic mass is 79.9. The fourth-order valence-corrected chi connectivity index (χ4v) is 1.29. The maximum atomic E-state index is 11.2. The van der Waals surface area contributed by atoms with E-state index in [0.29, 0.717) is 16.0 Å².